The molecule has 0 atom stereocenters. The van der Waals surface area contributed by atoms with Crippen molar-refractivity contribution >= 4 is 56.4 Å². The number of hydrogen-bond donors (Lipinski definition) is 1. The summed E-state index contributed by atoms with van der Waals surface area (Å²) in [5.41, 5.74) is 4.92. The monoisotopic (exact) mass is 452 g/mol. The SMILES string of the molecule is O=C(Nc1cccc2c1CN(Cc1cccc(C[SiH3])c1)C2=O)C1=CC(Cl)=CCC1=S. The molecule has 30 heavy (non-hydrogen) atoms. The average molecular weight is 453 g/mol. The van der Waals surface area contributed by atoms with Crippen molar-refractivity contribution in [2.45, 2.75) is 25.6 Å². The van der Waals surface area contributed by atoms with E-state index in [4.69, 9.17) is 23.8 Å². The molecule has 0 bridgehead atoms. The van der Waals surface area contributed by atoms with Crippen molar-refractivity contribution in [2.75, 3.05) is 5.32 Å². The van der Waals surface area contributed by atoms with E-state index in [1.54, 1.807) is 18.2 Å². The van der Waals surface area contributed by atoms with Gasteiger partial charge in [-0.2, -0.15) is 0 Å². The zero-order valence-corrected chi connectivity index (χ0v) is 20.1. The Labute approximate surface area is 189 Å². The van der Waals surface area contributed by atoms with Crippen molar-refractivity contribution in [3.8, 4) is 0 Å². The molecule has 0 saturated carbocycles. The Bertz CT molecular complexity index is 1130. The largest absolute Gasteiger partial charge is 0.330 e. The highest BCUT2D eigenvalue weighted by atomic mass is 35.5. The van der Waals surface area contributed by atoms with Crippen LogP contribution in [-0.2, 0) is 23.9 Å². The summed E-state index contributed by atoms with van der Waals surface area (Å²) in [5, 5.41) is 3.44. The lowest BCUT2D eigenvalue weighted by atomic mass is 10.0. The molecule has 0 radical (unpaired) electrons. The molecule has 1 aliphatic carbocycles. The van der Waals surface area contributed by atoms with E-state index < -0.39 is 0 Å². The van der Waals surface area contributed by atoms with Crippen LogP contribution in [0.15, 0.2) is 65.2 Å². The zero-order chi connectivity index (χ0) is 21.3. The van der Waals surface area contributed by atoms with Gasteiger partial charge >= 0.3 is 0 Å². The van der Waals surface area contributed by atoms with E-state index in [0.717, 1.165) is 27.4 Å². The summed E-state index contributed by atoms with van der Waals surface area (Å²) in [6.07, 6.45) is 3.85. The number of carbonyl (C=O) groups is 2. The number of nitrogens with one attached hydrogen (secondary N) is 1. The number of hydrogen-bond acceptors (Lipinski definition) is 3. The molecule has 7 heteroatoms. The van der Waals surface area contributed by atoms with Gasteiger partial charge in [-0.3, -0.25) is 9.59 Å². The van der Waals surface area contributed by atoms with E-state index in [9.17, 15) is 9.59 Å². The quantitative estimate of drug-likeness (QED) is 0.558. The zero-order valence-electron chi connectivity index (χ0n) is 16.6. The van der Waals surface area contributed by atoms with Crippen molar-refractivity contribution < 1.29 is 9.59 Å². The van der Waals surface area contributed by atoms with Crippen LogP contribution >= 0.6 is 23.8 Å². The van der Waals surface area contributed by atoms with Crippen molar-refractivity contribution in [1.82, 2.24) is 4.90 Å². The van der Waals surface area contributed by atoms with Crippen LogP contribution in [0.3, 0.4) is 0 Å². The molecule has 1 aliphatic heterocycles. The Kier molecular flexibility index (Phi) is 5.99. The van der Waals surface area contributed by atoms with E-state index in [1.165, 1.54) is 5.56 Å². The molecular weight excluding hydrogens is 432 g/mol. The Morgan fingerprint density at radius 1 is 1.20 bits per heavy atom. The van der Waals surface area contributed by atoms with Crippen molar-refractivity contribution in [3.05, 3.63) is 87.5 Å². The van der Waals surface area contributed by atoms with Gasteiger partial charge in [0.05, 0.1) is 5.57 Å². The first kappa shape index (κ1) is 20.7. The Morgan fingerprint density at radius 2 is 1.97 bits per heavy atom. The summed E-state index contributed by atoms with van der Waals surface area (Å²) in [7, 11) is 1.11. The summed E-state index contributed by atoms with van der Waals surface area (Å²) in [6.45, 7) is 1.01. The molecule has 152 valence electrons. The Hall–Kier alpha value is -2.54. The number of thiocarbonyl (C=S) groups is 1. The van der Waals surface area contributed by atoms with E-state index in [1.807, 2.05) is 29.2 Å². The number of allylic oxidation sites excluding steroid dienone is 3. The number of amides is 2. The molecule has 2 aromatic rings. The number of rotatable bonds is 5. The Balaban J connectivity index is 1.55. The second-order valence-corrected chi connectivity index (χ2v) is 9.03. The second kappa shape index (κ2) is 8.68. The third-order valence-electron chi connectivity index (χ3n) is 5.37. The molecule has 0 aromatic heterocycles. The first-order valence-corrected chi connectivity index (χ1v) is 12.1. The molecule has 4 rings (SSSR count). The summed E-state index contributed by atoms with van der Waals surface area (Å²) in [5.74, 6) is -0.318. The highest BCUT2D eigenvalue weighted by Crippen LogP contribution is 2.31. The molecule has 0 saturated heterocycles. The minimum atomic E-state index is -0.301. The van der Waals surface area contributed by atoms with Gasteiger partial charge < -0.3 is 10.2 Å². The summed E-state index contributed by atoms with van der Waals surface area (Å²) >= 11 is 11.4. The normalized spacial score (nSPS) is 15.7. The van der Waals surface area contributed by atoms with Gasteiger partial charge in [-0.1, -0.05) is 65.8 Å². The van der Waals surface area contributed by atoms with E-state index in [2.05, 4.69) is 17.4 Å². The minimum absolute atomic E-state index is 0.0178. The van der Waals surface area contributed by atoms with Crippen molar-refractivity contribution in [3.63, 3.8) is 0 Å². The third kappa shape index (κ3) is 4.17. The standard InChI is InChI=1S/C23H21ClN2O2SSi/c24-16-7-8-21(29)18(10-16)22(27)25-20-6-2-5-17-19(20)12-26(23(17)28)11-14-3-1-4-15(9-14)13-30/h1-7,9-10H,8,11-13H2,30H3,(H,25,27). The van der Waals surface area contributed by atoms with Gasteiger partial charge in [-0.15, -0.1) is 0 Å². The summed E-state index contributed by atoms with van der Waals surface area (Å²) in [6, 6.07) is 14.9. The lowest BCUT2D eigenvalue weighted by molar-refractivity contribution is -0.112. The maximum Gasteiger partial charge on any atom is 0.256 e. The number of nitrogens with zero attached hydrogens (tertiary/aromatic N) is 1. The fourth-order valence-corrected chi connectivity index (χ4v) is 4.62. The van der Waals surface area contributed by atoms with Crippen LogP contribution in [0.1, 0.15) is 33.5 Å². The molecular formula is C23H21ClN2O2SSi. The van der Waals surface area contributed by atoms with Gasteiger partial charge in [0.1, 0.15) is 0 Å². The molecule has 2 aromatic carbocycles. The van der Waals surface area contributed by atoms with Gasteiger partial charge in [0.15, 0.2) is 0 Å². The predicted molar refractivity (Wildman–Crippen MR) is 128 cm³/mol. The molecule has 1 heterocycles. The highest BCUT2D eigenvalue weighted by Gasteiger charge is 2.30. The van der Waals surface area contributed by atoms with Gasteiger partial charge in [0.25, 0.3) is 11.8 Å². The van der Waals surface area contributed by atoms with E-state index >= 15 is 0 Å². The maximum atomic E-state index is 13.0. The lowest BCUT2D eigenvalue weighted by Gasteiger charge is -2.17. The molecule has 0 unspecified atom stereocenters. The number of carbonyl (C=O) groups excluding carboxylic acids is 2. The van der Waals surface area contributed by atoms with Crippen LogP contribution in [-0.4, -0.2) is 31.8 Å². The molecule has 0 fully saturated rings. The number of halogens is 1. The second-order valence-electron chi connectivity index (χ2n) is 7.39. The predicted octanol–water partition coefficient (Wildman–Crippen LogP) is 3.47. The fourth-order valence-electron chi connectivity index (χ4n) is 3.76. The number of benzene rings is 2. The first-order valence-electron chi connectivity index (χ1n) is 9.87. The van der Waals surface area contributed by atoms with Crippen LogP contribution in [0.5, 0.6) is 0 Å². The van der Waals surface area contributed by atoms with Crippen LogP contribution in [0, 0.1) is 0 Å². The number of fused-ring (bicyclic) bond motifs is 1. The molecule has 0 spiro atoms. The lowest BCUT2D eigenvalue weighted by Crippen LogP contribution is -2.23. The van der Waals surface area contributed by atoms with Crippen LogP contribution in [0.25, 0.3) is 0 Å². The van der Waals surface area contributed by atoms with Crippen LogP contribution in [0.4, 0.5) is 5.69 Å². The van der Waals surface area contributed by atoms with Gasteiger partial charge in [0, 0.05) is 56.5 Å². The van der Waals surface area contributed by atoms with E-state index in [0.29, 0.717) is 46.2 Å². The van der Waals surface area contributed by atoms with E-state index in [-0.39, 0.29) is 11.8 Å². The summed E-state index contributed by atoms with van der Waals surface area (Å²) < 4.78 is 0. The van der Waals surface area contributed by atoms with Crippen molar-refractivity contribution in [1.29, 1.82) is 0 Å². The van der Waals surface area contributed by atoms with Gasteiger partial charge in [0.2, 0.25) is 0 Å². The molecule has 2 aliphatic rings. The van der Waals surface area contributed by atoms with Crippen molar-refractivity contribution in [2.24, 2.45) is 0 Å². The minimum Gasteiger partial charge on any atom is -0.330 e. The smallest absolute Gasteiger partial charge is 0.256 e. The molecule has 4 nitrogen and oxygen atoms in total. The topological polar surface area (TPSA) is 49.4 Å². The fraction of sp³-hybridized carbons (Fsp3) is 0.174. The summed E-state index contributed by atoms with van der Waals surface area (Å²) in [4.78, 5) is 28.1. The van der Waals surface area contributed by atoms with Gasteiger partial charge in [-0.25, -0.2) is 0 Å². The average Bonchev–Trinajstić information content (AvgIpc) is 3.06. The molecule has 2 amide bonds. The third-order valence-corrected chi connectivity index (χ3v) is 6.84. The van der Waals surface area contributed by atoms with Crippen LogP contribution < -0.4 is 5.32 Å². The Morgan fingerprint density at radius 3 is 2.77 bits per heavy atom. The highest BCUT2D eigenvalue weighted by molar-refractivity contribution is 7.81. The first-order chi connectivity index (χ1) is 14.5. The van der Waals surface area contributed by atoms with Crippen LogP contribution in [0.2, 0.25) is 0 Å². The maximum absolute atomic E-state index is 13.0. The molecule has 1 N–H and O–H groups in total. The van der Waals surface area contributed by atoms with Gasteiger partial charge in [-0.05, 0) is 29.8 Å². The number of anilines is 1.